The largest absolute Gasteiger partial charge is 0.737 e. The Morgan fingerprint density at radius 3 is 2.64 bits per heavy atom. The molecule has 2 aliphatic rings. The summed E-state index contributed by atoms with van der Waals surface area (Å²) in [5.41, 5.74) is 3.75. The first kappa shape index (κ1) is 13.5. The van der Waals surface area contributed by atoms with E-state index < -0.39 is 6.97 Å². The number of benzene rings is 1. The van der Waals surface area contributed by atoms with Gasteiger partial charge in [-0.15, -0.1) is 0 Å². The summed E-state index contributed by atoms with van der Waals surface area (Å²) in [6.45, 7) is -1.92. The number of fused-ring (bicyclic) bond motifs is 2. The van der Waals surface area contributed by atoms with Crippen molar-refractivity contribution >= 4 is 30.4 Å². The second kappa shape index (κ2) is 4.43. The Morgan fingerprint density at radius 2 is 1.91 bits per heavy atom. The van der Waals surface area contributed by atoms with E-state index in [0.717, 1.165) is 25.7 Å². The lowest BCUT2D eigenvalue weighted by atomic mass is 9.86. The van der Waals surface area contributed by atoms with Gasteiger partial charge >= 0.3 is 6.97 Å². The van der Waals surface area contributed by atoms with Crippen LogP contribution in [0.3, 0.4) is 0 Å². The molecule has 0 atom stereocenters. The summed E-state index contributed by atoms with van der Waals surface area (Å²) in [7, 11) is 0. The number of aromatic nitrogens is 1. The fourth-order valence-corrected chi connectivity index (χ4v) is 3.27. The number of rotatable bonds is 1. The lowest BCUT2D eigenvalue weighted by molar-refractivity contribution is -0.356. The normalized spacial score (nSPS) is 18.3. The molecule has 1 aromatic carbocycles. The first-order chi connectivity index (χ1) is 10.5. The van der Waals surface area contributed by atoms with Gasteiger partial charge in [0.05, 0.1) is 10.6 Å². The molecular weight excluding hydrogens is 304 g/mol. The van der Waals surface area contributed by atoms with Crippen molar-refractivity contribution in [3.63, 3.8) is 0 Å². The molecule has 0 aliphatic carbocycles. The molecule has 0 N–H and O–H groups in total. The van der Waals surface area contributed by atoms with Gasteiger partial charge < -0.3 is 17.6 Å². The van der Waals surface area contributed by atoms with Crippen molar-refractivity contribution in [1.82, 2.24) is 4.48 Å². The van der Waals surface area contributed by atoms with Crippen molar-refractivity contribution in [2.75, 3.05) is 0 Å². The van der Waals surface area contributed by atoms with Gasteiger partial charge in [-0.2, -0.15) is 0 Å². The van der Waals surface area contributed by atoms with Crippen LogP contribution in [0.2, 0.25) is 5.02 Å². The molecule has 110 valence electrons. The van der Waals surface area contributed by atoms with Crippen LogP contribution in [0.25, 0.3) is 5.57 Å². The van der Waals surface area contributed by atoms with Gasteiger partial charge in [0.1, 0.15) is 6.21 Å². The van der Waals surface area contributed by atoms with Crippen molar-refractivity contribution in [2.45, 2.75) is 6.92 Å². The molecule has 6 heteroatoms. The van der Waals surface area contributed by atoms with Gasteiger partial charge in [-0.05, 0) is 24.8 Å². The molecule has 2 aliphatic heterocycles. The summed E-state index contributed by atoms with van der Waals surface area (Å²) in [6, 6.07) is 9.45. The Hall–Kier alpha value is -2.14. The summed E-state index contributed by atoms with van der Waals surface area (Å²) in [4.78, 5) is 0. The lowest BCUT2D eigenvalue weighted by Gasteiger charge is -2.30. The zero-order chi connectivity index (χ0) is 15.5. The van der Waals surface area contributed by atoms with Crippen molar-refractivity contribution < 1.29 is 13.1 Å². The van der Waals surface area contributed by atoms with Gasteiger partial charge in [0, 0.05) is 17.8 Å². The van der Waals surface area contributed by atoms with Crippen molar-refractivity contribution in [3.05, 3.63) is 76.2 Å². The molecular formula is C16H12BClF2N2. The number of hydrogen-bond acceptors (Lipinski definition) is 0. The summed E-state index contributed by atoms with van der Waals surface area (Å²) in [6.07, 6.45) is 6.08. The maximum absolute atomic E-state index is 14.7. The Kier molecular flexibility index (Phi) is 2.72. The van der Waals surface area contributed by atoms with Gasteiger partial charge in [-0.3, -0.25) is 0 Å². The molecule has 3 heterocycles. The van der Waals surface area contributed by atoms with Crippen LogP contribution in [0, 0.1) is 6.92 Å². The highest BCUT2D eigenvalue weighted by Crippen LogP contribution is 2.39. The van der Waals surface area contributed by atoms with Crippen LogP contribution in [0.5, 0.6) is 0 Å². The summed E-state index contributed by atoms with van der Waals surface area (Å²) >= 11 is 6.00. The van der Waals surface area contributed by atoms with Crippen LogP contribution in [0.1, 0.15) is 16.8 Å². The van der Waals surface area contributed by atoms with E-state index in [1.807, 2.05) is 31.2 Å². The SMILES string of the molecule is Cc1ccc(C2=C3C=CC=[N+]3[B-](F)(F)n3cc(Cl)cc32)cc1. The number of allylic oxidation sites excluding steroid dienone is 2. The van der Waals surface area contributed by atoms with E-state index in [4.69, 9.17) is 11.6 Å². The van der Waals surface area contributed by atoms with E-state index in [0.29, 0.717) is 16.4 Å². The van der Waals surface area contributed by atoms with E-state index >= 15 is 0 Å². The van der Waals surface area contributed by atoms with E-state index in [9.17, 15) is 8.63 Å². The average molecular weight is 317 g/mol. The van der Waals surface area contributed by atoms with Gasteiger partial charge in [0.25, 0.3) is 0 Å². The maximum atomic E-state index is 14.7. The van der Waals surface area contributed by atoms with Crippen LogP contribution in [0.15, 0.2) is 54.4 Å². The highest BCUT2D eigenvalue weighted by Gasteiger charge is 2.51. The molecule has 0 saturated carbocycles. The third-order valence-electron chi connectivity index (χ3n) is 4.12. The number of hydrogen-bond donors (Lipinski definition) is 0. The first-order valence-electron chi connectivity index (χ1n) is 7.00. The lowest BCUT2D eigenvalue weighted by Crippen LogP contribution is -2.49. The molecule has 4 rings (SSSR count). The van der Waals surface area contributed by atoms with Gasteiger partial charge in [-0.1, -0.05) is 41.4 Å². The van der Waals surface area contributed by atoms with Gasteiger partial charge in [0.15, 0.2) is 5.70 Å². The van der Waals surface area contributed by atoms with Crippen molar-refractivity contribution in [2.24, 2.45) is 0 Å². The third kappa shape index (κ3) is 1.75. The summed E-state index contributed by atoms with van der Waals surface area (Å²) in [5.74, 6) is 0. The minimum Gasteiger partial charge on any atom is -0.395 e. The third-order valence-corrected chi connectivity index (χ3v) is 4.32. The number of nitrogens with zero attached hydrogens (tertiary/aromatic N) is 2. The topological polar surface area (TPSA) is 7.94 Å². The van der Waals surface area contributed by atoms with Crippen LogP contribution < -0.4 is 0 Å². The van der Waals surface area contributed by atoms with Crippen LogP contribution in [0.4, 0.5) is 8.63 Å². The summed E-state index contributed by atoms with van der Waals surface area (Å²) in [5, 5.41) is 0.312. The Labute approximate surface area is 131 Å². The molecule has 0 bridgehead atoms. The molecule has 0 amide bonds. The van der Waals surface area contributed by atoms with E-state index in [1.165, 1.54) is 12.4 Å². The highest BCUT2D eigenvalue weighted by molar-refractivity contribution is 6.58. The molecule has 0 spiro atoms. The minimum atomic E-state index is -3.91. The molecule has 0 unspecified atom stereocenters. The Balaban J connectivity index is 2.05. The van der Waals surface area contributed by atoms with Gasteiger partial charge in [0.2, 0.25) is 0 Å². The molecule has 0 fully saturated rings. The van der Waals surface area contributed by atoms with Crippen LogP contribution in [-0.2, 0) is 0 Å². The first-order valence-corrected chi connectivity index (χ1v) is 7.38. The molecule has 22 heavy (non-hydrogen) atoms. The number of halogens is 3. The fraction of sp³-hybridized carbons (Fsp3) is 0.0625. The second-order valence-electron chi connectivity index (χ2n) is 5.58. The predicted octanol–water partition coefficient (Wildman–Crippen LogP) is 4.10. The predicted molar refractivity (Wildman–Crippen MR) is 85.5 cm³/mol. The monoisotopic (exact) mass is 316 g/mol. The van der Waals surface area contributed by atoms with Crippen molar-refractivity contribution in [1.29, 1.82) is 0 Å². The quantitative estimate of drug-likeness (QED) is 0.700. The van der Waals surface area contributed by atoms with E-state index in [1.54, 1.807) is 18.2 Å². The summed E-state index contributed by atoms with van der Waals surface area (Å²) < 4.78 is 31.4. The molecule has 2 nitrogen and oxygen atoms in total. The maximum Gasteiger partial charge on any atom is 0.737 e. The van der Waals surface area contributed by atoms with Crippen LogP contribution >= 0.6 is 11.6 Å². The second-order valence-corrected chi connectivity index (χ2v) is 6.02. The van der Waals surface area contributed by atoms with E-state index in [-0.39, 0.29) is 0 Å². The molecule has 1 aromatic heterocycles. The average Bonchev–Trinajstić information content (AvgIpc) is 3.09. The molecule has 0 saturated heterocycles. The highest BCUT2D eigenvalue weighted by atomic mass is 35.5. The van der Waals surface area contributed by atoms with Crippen LogP contribution in [-0.4, -0.2) is 22.1 Å². The minimum absolute atomic E-state index is 0.312. The van der Waals surface area contributed by atoms with Gasteiger partial charge in [-0.25, -0.2) is 0 Å². The smallest absolute Gasteiger partial charge is 0.395 e. The molecule has 2 aromatic rings. The Morgan fingerprint density at radius 1 is 1.18 bits per heavy atom. The standard InChI is InChI=1S/C16H12BClF2N2/c1-11-4-6-12(7-5-11)16-14-3-2-8-21(14)17(19,20)22-10-13(18)9-15(16)22/h2-10H,1H3. The van der Waals surface area contributed by atoms with Crippen molar-refractivity contribution in [3.8, 4) is 0 Å². The fourth-order valence-electron chi connectivity index (χ4n) is 3.06. The molecule has 0 radical (unpaired) electrons. The zero-order valence-electron chi connectivity index (χ0n) is 11.8. The van der Waals surface area contributed by atoms with E-state index in [2.05, 4.69) is 0 Å². The number of aryl methyl sites for hydroxylation is 1. The zero-order valence-corrected chi connectivity index (χ0v) is 12.6. The Bertz CT molecular complexity index is 876.